The van der Waals surface area contributed by atoms with Gasteiger partial charge in [0.1, 0.15) is 0 Å². The van der Waals surface area contributed by atoms with Crippen molar-refractivity contribution in [2.24, 2.45) is 0 Å². The summed E-state index contributed by atoms with van der Waals surface area (Å²) in [6, 6.07) is 6.66. The van der Waals surface area contributed by atoms with Crippen LogP contribution in [0.25, 0.3) is 0 Å². The van der Waals surface area contributed by atoms with E-state index in [0.29, 0.717) is 37.1 Å². The molecular weight excluding hydrogens is 388 g/mol. The number of hydrogen-bond donors (Lipinski definition) is 1. The summed E-state index contributed by atoms with van der Waals surface area (Å²) < 4.78 is 28.6. The second-order valence-corrected chi connectivity index (χ2v) is 9.54. The number of ether oxygens (including phenoxy) is 1. The Labute approximate surface area is 162 Å². The number of carbonyl (C=O) groups is 1. The van der Waals surface area contributed by atoms with Gasteiger partial charge in [0.2, 0.25) is 0 Å². The number of likely N-dealkylation sites (tertiary alicyclic amines) is 1. The van der Waals surface area contributed by atoms with Crippen LogP contribution in [0, 0.1) is 0 Å². The second-order valence-electron chi connectivity index (χ2n) is 6.63. The van der Waals surface area contributed by atoms with E-state index in [1.54, 1.807) is 35.6 Å². The van der Waals surface area contributed by atoms with Gasteiger partial charge < -0.3 is 14.7 Å². The van der Waals surface area contributed by atoms with Gasteiger partial charge >= 0.3 is 6.09 Å². The highest BCUT2D eigenvalue weighted by Gasteiger charge is 2.25. The lowest BCUT2D eigenvalue weighted by Gasteiger charge is -2.28. The average molecular weight is 411 g/mol. The number of rotatable bonds is 6. The predicted molar refractivity (Wildman–Crippen MR) is 102 cm³/mol. The van der Waals surface area contributed by atoms with Crippen molar-refractivity contribution in [3.8, 4) is 0 Å². The van der Waals surface area contributed by atoms with E-state index in [2.05, 4.69) is 4.98 Å². The average Bonchev–Trinajstić information content (AvgIpc) is 3.10. The molecule has 1 N–H and O–H groups in total. The Kier molecular flexibility index (Phi) is 6.13. The quantitative estimate of drug-likeness (QED) is 0.786. The molecule has 0 bridgehead atoms. The number of thiazole rings is 1. The molecule has 0 atom stereocenters. The second kappa shape index (κ2) is 8.37. The Morgan fingerprint density at radius 3 is 2.52 bits per heavy atom. The largest absolute Gasteiger partial charge is 0.465 e. The van der Waals surface area contributed by atoms with E-state index in [1.165, 1.54) is 11.2 Å². The van der Waals surface area contributed by atoms with Crippen molar-refractivity contribution in [1.29, 1.82) is 0 Å². The lowest BCUT2D eigenvalue weighted by molar-refractivity contribution is 0.104. The standard InChI is InChI=1S/C18H22N2O5S2/c1-27(23,24)16-4-2-13(3-5-16)10-25-11-15-12-26-17(19-15)14-6-8-20(9-7-14)18(21)22/h2-5,12,14H,6-11H2,1H3,(H,21,22). The van der Waals surface area contributed by atoms with Crippen LogP contribution < -0.4 is 0 Å². The van der Waals surface area contributed by atoms with E-state index in [9.17, 15) is 13.2 Å². The minimum atomic E-state index is -3.18. The molecule has 1 aromatic heterocycles. The zero-order valence-corrected chi connectivity index (χ0v) is 16.6. The summed E-state index contributed by atoms with van der Waals surface area (Å²) in [4.78, 5) is 17.3. The van der Waals surface area contributed by atoms with Crippen molar-refractivity contribution in [2.75, 3.05) is 19.3 Å². The Bertz CT molecular complexity index is 885. The highest BCUT2D eigenvalue weighted by atomic mass is 32.2. The van der Waals surface area contributed by atoms with E-state index >= 15 is 0 Å². The molecule has 1 fully saturated rings. The molecule has 1 amide bonds. The van der Waals surface area contributed by atoms with Gasteiger partial charge in [-0.1, -0.05) is 12.1 Å². The summed E-state index contributed by atoms with van der Waals surface area (Å²) in [5.74, 6) is 0.308. The number of amides is 1. The van der Waals surface area contributed by atoms with Gasteiger partial charge in [-0.05, 0) is 30.5 Å². The molecule has 3 rings (SSSR count). The van der Waals surface area contributed by atoms with E-state index in [-0.39, 0.29) is 0 Å². The van der Waals surface area contributed by atoms with Crippen LogP contribution in [0.2, 0.25) is 0 Å². The third-order valence-electron chi connectivity index (χ3n) is 4.55. The highest BCUT2D eigenvalue weighted by Crippen LogP contribution is 2.30. The van der Waals surface area contributed by atoms with Crippen LogP contribution in [-0.2, 0) is 27.8 Å². The van der Waals surface area contributed by atoms with Gasteiger partial charge in [0, 0.05) is 30.6 Å². The zero-order chi connectivity index (χ0) is 19.4. The first-order valence-corrected chi connectivity index (χ1v) is 11.4. The van der Waals surface area contributed by atoms with Gasteiger partial charge in [0.05, 0.1) is 28.8 Å². The van der Waals surface area contributed by atoms with Crippen molar-refractivity contribution < 1.29 is 23.1 Å². The monoisotopic (exact) mass is 410 g/mol. The molecule has 0 unspecified atom stereocenters. The number of piperidine rings is 1. The molecule has 1 aliphatic rings. The van der Waals surface area contributed by atoms with Crippen LogP contribution in [0.15, 0.2) is 34.5 Å². The maximum absolute atomic E-state index is 11.5. The third kappa shape index (κ3) is 5.27. The lowest BCUT2D eigenvalue weighted by Crippen LogP contribution is -2.36. The van der Waals surface area contributed by atoms with Gasteiger partial charge in [0.25, 0.3) is 0 Å². The van der Waals surface area contributed by atoms with Crippen LogP contribution in [0.1, 0.15) is 35.0 Å². The number of aromatic nitrogens is 1. The molecule has 1 aromatic carbocycles. The number of sulfone groups is 1. The maximum atomic E-state index is 11.5. The minimum Gasteiger partial charge on any atom is -0.465 e. The fourth-order valence-corrected chi connectivity index (χ4v) is 4.61. The first-order valence-electron chi connectivity index (χ1n) is 8.62. The van der Waals surface area contributed by atoms with Crippen molar-refractivity contribution >= 4 is 27.3 Å². The molecule has 2 heterocycles. The molecule has 1 aliphatic heterocycles. The van der Waals surface area contributed by atoms with Gasteiger partial charge in [-0.25, -0.2) is 18.2 Å². The molecule has 1 saturated heterocycles. The molecule has 0 radical (unpaired) electrons. The van der Waals surface area contributed by atoms with Gasteiger partial charge in [0.15, 0.2) is 9.84 Å². The molecule has 0 saturated carbocycles. The molecular formula is C18H22N2O5S2. The number of nitrogens with zero attached hydrogens (tertiary/aromatic N) is 2. The summed E-state index contributed by atoms with van der Waals surface area (Å²) >= 11 is 1.59. The molecule has 146 valence electrons. The summed E-state index contributed by atoms with van der Waals surface area (Å²) in [7, 11) is -3.18. The number of carboxylic acid groups (broad SMARTS) is 1. The fourth-order valence-electron chi connectivity index (χ4n) is 3.00. The fraction of sp³-hybridized carbons (Fsp3) is 0.444. The van der Waals surface area contributed by atoms with E-state index in [1.807, 2.05) is 5.38 Å². The Hall–Kier alpha value is -1.97. The van der Waals surface area contributed by atoms with Crippen molar-refractivity contribution in [3.63, 3.8) is 0 Å². The molecule has 9 heteroatoms. The van der Waals surface area contributed by atoms with Gasteiger partial charge in [-0.2, -0.15) is 0 Å². The zero-order valence-electron chi connectivity index (χ0n) is 15.0. The van der Waals surface area contributed by atoms with E-state index in [0.717, 1.165) is 29.1 Å². The Morgan fingerprint density at radius 1 is 1.26 bits per heavy atom. The predicted octanol–water partition coefficient (Wildman–Crippen LogP) is 3.12. The highest BCUT2D eigenvalue weighted by molar-refractivity contribution is 7.90. The number of hydrogen-bond acceptors (Lipinski definition) is 6. The summed E-state index contributed by atoms with van der Waals surface area (Å²) in [5, 5.41) is 12.0. The van der Waals surface area contributed by atoms with Crippen molar-refractivity contribution in [3.05, 3.63) is 45.9 Å². The molecule has 27 heavy (non-hydrogen) atoms. The van der Waals surface area contributed by atoms with Gasteiger partial charge in [-0.3, -0.25) is 0 Å². The van der Waals surface area contributed by atoms with Crippen LogP contribution in [0.5, 0.6) is 0 Å². The van der Waals surface area contributed by atoms with Gasteiger partial charge in [-0.15, -0.1) is 11.3 Å². The summed E-state index contributed by atoms with van der Waals surface area (Å²) in [6.45, 7) is 1.87. The molecule has 2 aromatic rings. The minimum absolute atomic E-state index is 0.296. The maximum Gasteiger partial charge on any atom is 0.407 e. The van der Waals surface area contributed by atoms with Crippen LogP contribution in [-0.4, -0.2) is 48.8 Å². The Morgan fingerprint density at radius 2 is 1.93 bits per heavy atom. The molecule has 0 spiro atoms. The normalized spacial score (nSPS) is 15.8. The topological polar surface area (TPSA) is 96.8 Å². The Balaban J connectivity index is 1.48. The summed E-state index contributed by atoms with van der Waals surface area (Å²) in [6.07, 6.45) is 1.93. The first kappa shape index (κ1) is 19.8. The van der Waals surface area contributed by atoms with Crippen molar-refractivity contribution in [2.45, 2.75) is 36.9 Å². The first-order chi connectivity index (χ1) is 12.8. The van der Waals surface area contributed by atoms with Crippen LogP contribution in [0.3, 0.4) is 0 Å². The van der Waals surface area contributed by atoms with E-state index < -0.39 is 15.9 Å². The third-order valence-corrected chi connectivity index (χ3v) is 6.74. The van der Waals surface area contributed by atoms with E-state index in [4.69, 9.17) is 9.84 Å². The summed E-state index contributed by atoms with van der Waals surface area (Å²) in [5.41, 5.74) is 1.77. The molecule has 0 aliphatic carbocycles. The molecule has 7 nitrogen and oxygen atoms in total. The SMILES string of the molecule is CS(=O)(=O)c1ccc(COCc2csc(C3CCN(C(=O)O)CC3)n2)cc1. The van der Waals surface area contributed by atoms with Crippen molar-refractivity contribution in [1.82, 2.24) is 9.88 Å². The number of benzene rings is 1. The van der Waals surface area contributed by atoms with Crippen LogP contribution >= 0.6 is 11.3 Å². The van der Waals surface area contributed by atoms with Crippen LogP contribution in [0.4, 0.5) is 4.79 Å². The smallest absolute Gasteiger partial charge is 0.407 e. The lowest BCUT2D eigenvalue weighted by atomic mass is 9.98.